The van der Waals surface area contributed by atoms with Crippen LogP contribution in [0.1, 0.15) is 37.3 Å². The molecule has 3 atom stereocenters. The number of benzene rings is 1. The lowest BCUT2D eigenvalue weighted by atomic mass is 9.81. The standard InChI is InChI=1S/C15H19F/c1-4-14-11(3)10(2)5-6-12-9-13(16)7-8-15(12)14/h4,7-11,14H,1,5-6H2,2-3H3/t10-,11?,14-/m1/s1. The van der Waals surface area contributed by atoms with Crippen LogP contribution >= 0.6 is 0 Å². The van der Waals surface area contributed by atoms with E-state index in [1.54, 1.807) is 12.1 Å². The molecule has 16 heavy (non-hydrogen) atoms. The van der Waals surface area contributed by atoms with Gasteiger partial charge in [-0.05, 0) is 47.9 Å². The van der Waals surface area contributed by atoms with Gasteiger partial charge in [-0.25, -0.2) is 4.39 Å². The van der Waals surface area contributed by atoms with E-state index in [4.69, 9.17) is 0 Å². The van der Waals surface area contributed by atoms with Gasteiger partial charge in [-0.15, -0.1) is 6.58 Å². The van der Waals surface area contributed by atoms with Crippen LogP contribution in [0, 0.1) is 17.7 Å². The summed E-state index contributed by atoms with van der Waals surface area (Å²) in [5.41, 5.74) is 2.44. The highest BCUT2D eigenvalue weighted by Crippen LogP contribution is 2.38. The van der Waals surface area contributed by atoms with Crippen molar-refractivity contribution in [1.82, 2.24) is 0 Å². The number of rotatable bonds is 1. The number of allylic oxidation sites excluding steroid dienone is 1. The van der Waals surface area contributed by atoms with Gasteiger partial charge in [0.1, 0.15) is 5.82 Å². The molecule has 0 heterocycles. The predicted octanol–water partition coefficient (Wildman–Crippen LogP) is 4.31. The molecule has 1 unspecified atom stereocenters. The minimum atomic E-state index is -0.122. The first-order valence-electron chi connectivity index (χ1n) is 6.04. The van der Waals surface area contributed by atoms with Crippen LogP contribution in [0.3, 0.4) is 0 Å². The molecule has 0 N–H and O–H groups in total. The number of fused-ring (bicyclic) bond motifs is 1. The zero-order valence-electron chi connectivity index (χ0n) is 10.0. The molecule has 0 aliphatic heterocycles. The number of hydrogen-bond acceptors (Lipinski definition) is 0. The Morgan fingerprint density at radius 2 is 2.12 bits per heavy atom. The topological polar surface area (TPSA) is 0 Å². The smallest absolute Gasteiger partial charge is 0.123 e. The first kappa shape index (κ1) is 11.4. The summed E-state index contributed by atoms with van der Waals surface area (Å²) in [4.78, 5) is 0. The lowest BCUT2D eigenvalue weighted by Crippen LogP contribution is -2.13. The monoisotopic (exact) mass is 218 g/mol. The number of hydrogen-bond donors (Lipinski definition) is 0. The van der Waals surface area contributed by atoms with Crippen LogP contribution in [0.4, 0.5) is 4.39 Å². The SMILES string of the molecule is C=C[C@H]1c2ccc(F)cc2CC[C@@H](C)C1C. The molecule has 1 heteroatoms. The van der Waals surface area contributed by atoms with Gasteiger partial charge in [-0.2, -0.15) is 0 Å². The molecule has 1 aromatic rings. The van der Waals surface area contributed by atoms with Crippen LogP contribution in [-0.2, 0) is 6.42 Å². The van der Waals surface area contributed by atoms with E-state index in [9.17, 15) is 4.39 Å². The highest BCUT2D eigenvalue weighted by atomic mass is 19.1. The van der Waals surface area contributed by atoms with Crippen molar-refractivity contribution in [2.24, 2.45) is 11.8 Å². The molecule has 0 aromatic heterocycles. The van der Waals surface area contributed by atoms with Gasteiger partial charge in [-0.3, -0.25) is 0 Å². The molecule has 0 spiro atoms. The van der Waals surface area contributed by atoms with Gasteiger partial charge in [-0.1, -0.05) is 26.0 Å². The normalized spacial score (nSPS) is 29.3. The fourth-order valence-electron chi connectivity index (χ4n) is 2.74. The van der Waals surface area contributed by atoms with Crippen LogP contribution in [0.2, 0.25) is 0 Å². The third kappa shape index (κ3) is 1.91. The Bertz CT molecular complexity index is 394. The summed E-state index contributed by atoms with van der Waals surface area (Å²) in [6, 6.07) is 5.19. The summed E-state index contributed by atoms with van der Waals surface area (Å²) in [6.45, 7) is 8.49. The second-order valence-electron chi connectivity index (χ2n) is 4.98. The Labute approximate surface area is 97.2 Å². The second-order valence-corrected chi connectivity index (χ2v) is 4.98. The maximum Gasteiger partial charge on any atom is 0.123 e. The van der Waals surface area contributed by atoms with Crippen molar-refractivity contribution in [3.05, 3.63) is 47.8 Å². The summed E-state index contributed by atoms with van der Waals surface area (Å²) in [6.07, 6.45) is 4.15. The Kier molecular flexibility index (Phi) is 3.13. The average Bonchev–Trinajstić information content (AvgIpc) is 2.38. The predicted molar refractivity (Wildman–Crippen MR) is 66.0 cm³/mol. The van der Waals surface area contributed by atoms with Crippen molar-refractivity contribution in [3.8, 4) is 0 Å². The lowest BCUT2D eigenvalue weighted by molar-refractivity contribution is 0.350. The molecule has 1 aliphatic rings. The molecular weight excluding hydrogens is 199 g/mol. The summed E-state index contributed by atoms with van der Waals surface area (Å²) in [7, 11) is 0. The second kappa shape index (κ2) is 4.40. The lowest BCUT2D eigenvalue weighted by Gasteiger charge is -2.24. The molecule has 0 nitrogen and oxygen atoms in total. The van der Waals surface area contributed by atoms with Crippen molar-refractivity contribution in [2.75, 3.05) is 0 Å². The molecular formula is C15H19F. The highest BCUT2D eigenvalue weighted by molar-refractivity contribution is 5.35. The van der Waals surface area contributed by atoms with Gasteiger partial charge in [0.05, 0.1) is 0 Å². The fourth-order valence-corrected chi connectivity index (χ4v) is 2.74. The van der Waals surface area contributed by atoms with Crippen molar-refractivity contribution in [2.45, 2.75) is 32.6 Å². The van der Waals surface area contributed by atoms with Crippen molar-refractivity contribution in [1.29, 1.82) is 0 Å². The molecule has 0 radical (unpaired) electrons. The molecule has 0 saturated carbocycles. The third-order valence-electron chi connectivity index (χ3n) is 4.05. The van der Waals surface area contributed by atoms with E-state index in [1.807, 2.05) is 12.1 Å². The fraction of sp³-hybridized carbons (Fsp3) is 0.467. The van der Waals surface area contributed by atoms with Crippen LogP contribution in [-0.4, -0.2) is 0 Å². The summed E-state index contributed by atoms with van der Waals surface area (Å²) in [5.74, 6) is 1.50. The van der Waals surface area contributed by atoms with E-state index in [-0.39, 0.29) is 5.82 Å². The van der Waals surface area contributed by atoms with Gasteiger partial charge < -0.3 is 0 Å². The van der Waals surface area contributed by atoms with Crippen LogP contribution in [0.5, 0.6) is 0 Å². The molecule has 1 aromatic carbocycles. The molecule has 0 amide bonds. The zero-order chi connectivity index (χ0) is 11.7. The van der Waals surface area contributed by atoms with Crippen molar-refractivity contribution in [3.63, 3.8) is 0 Å². The summed E-state index contributed by atoms with van der Waals surface area (Å²) in [5, 5.41) is 0. The minimum Gasteiger partial charge on any atom is -0.207 e. The van der Waals surface area contributed by atoms with Gasteiger partial charge in [0, 0.05) is 5.92 Å². The molecule has 2 rings (SSSR count). The average molecular weight is 218 g/mol. The quantitative estimate of drug-likeness (QED) is 0.486. The van der Waals surface area contributed by atoms with E-state index < -0.39 is 0 Å². The Morgan fingerprint density at radius 3 is 2.81 bits per heavy atom. The summed E-state index contributed by atoms with van der Waals surface area (Å²) < 4.78 is 13.2. The van der Waals surface area contributed by atoms with Gasteiger partial charge in [0.2, 0.25) is 0 Å². The Morgan fingerprint density at radius 1 is 1.38 bits per heavy atom. The van der Waals surface area contributed by atoms with E-state index in [0.717, 1.165) is 12.8 Å². The molecule has 86 valence electrons. The molecule has 0 saturated heterocycles. The largest absolute Gasteiger partial charge is 0.207 e. The minimum absolute atomic E-state index is 0.122. The van der Waals surface area contributed by atoms with Crippen LogP contribution < -0.4 is 0 Å². The van der Waals surface area contributed by atoms with E-state index in [2.05, 4.69) is 20.4 Å². The first-order chi connectivity index (χ1) is 7.63. The van der Waals surface area contributed by atoms with Crippen molar-refractivity contribution < 1.29 is 4.39 Å². The first-order valence-corrected chi connectivity index (χ1v) is 6.04. The molecule has 0 fully saturated rings. The van der Waals surface area contributed by atoms with E-state index in [1.165, 1.54) is 11.1 Å². The number of aryl methyl sites for hydroxylation is 1. The van der Waals surface area contributed by atoms with Gasteiger partial charge in [0.15, 0.2) is 0 Å². The maximum absolute atomic E-state index is 13.2. The molecule has 1 aliphatic carbocycles. The Hall–Kier alpha value is -1.11. The summed E-state index contributed by atoms with van der Waals surface area (Å²) >= 11 is 0. The van der Waals surface area contributed by atoms with Crippen LogP contribution in [0.25, 0.3) is 0 Å². The van der Waals surface area contributed by atoms with E-state index in [0.29, 0.717) is 17.8 Å². The van der Waals surface area contributed by atoms with Gasteiger partial charge in [0.25, 0.3) is 0 Å². The van der Waals surface area contributed by atoms with Crippen molar-refractivity contribution >= 4 is 0 Å². The maximum atomic E-state index is 13.2. The molecule has 0 bridgehead atoms. The number of halogens is 1. The van der Waals surface area contributed by atoms with E-state index >= 15 is 0 Å². The third-order valence-corrected chi connectivity index (χ3v) is 4.05. The van der Waals surface area contributed by atoms with Crippen LogP contribution in [0.15, 0.2) is 30.9 Å². The zero-order valence-corrected chi connectivity index (χ0v) is 10.0. The van der Waals surface area contributed by atoms with Gasteiger partial charge >= 0.3 is 0 Å². The Balaban J connectivity index is 2.48. The highest BCUT2D eigenvalue weighted by Gasteiger charge is 2.27.